The van der Waals surface area contributed by atoms with Gasteiger partial charge in [-0.25, -0.2) is 0 Å². The van der Waals surface area contributed by atoms with E-state index in [9.17, 15) is 4.79 Å². The van der Waals surface area contributed by atoms with Gasteiger partial charge in [-0.15, -0.1) is 0 Å². The Kier molecular flexibility index (Phi) is 5.25. The van der Waals surface area contributed by atoms with Crippen molar-refractivity contribution in [2.75, 3.05) is 13.6 Å². The van der Waals surface area contributed by atoms with Gasteiger partial charge >= 0.3 is 0 Å². The Morgan fingerprint density at radius 1 is 1.47 bits per heavy atom. The third-order valence-corrected chi connectivity index (χ3v) is 3.23. The van der Waals surface area contributed by atoms with Crippen molar-refractivity contribution in [3.63, 3.8) is 0 Å². The Hall–Kier alpha value is -0.770. The third-order valence-electron chi connectivity index (χ3n) is 2.41. The molecule has 0 aliphatic carbocycles. The van der Waals surface area contributed by atoms with Crippen molar-refractivity contribution < 1.29 is 9.90 Å². The van der Waals surface area contributed by atoms with Gasteiger partial charge in [-0.3, -0.25) is 4.79 Å². The van der Waals surface area contributed by atoms with E-state index in [-0.39, 0.29) is 10.9 Å². The summed E-state index contributed by atoms with van der Waals surface area (Å²) >= 11 is 11.8. The first-order valence-corrected chi connectivity index (χ1v) is 6.06. The van der Waals surface area contributed by atoms with E-state index >= 15 is 0 Å². The zero-order valence-electron chi connectivity index (χ0n) is 9.78. The van der Waals surface area contributed by atoms with Crippen molar-refractivity contribution in [2.24, 2.45) is 0 Å². The minimum absolute atomic E-state index is 0.196. The largest absolute Gasteiger partial charge is 0.393 e. The molecule has 5 heteroatoms. The Morgan fingerprint density at radius 3 is 2.71 bits per heavy atom. The first kappa shape index (κ1) is 14.3. The number of aliphatic hydroxyl groups is 1. The average molecular weight is 276 g/mol. The van der Waals surface area contributed by atoms with Crippen LogP contribution in [0.5, 0.6) is 0 Å². The number of rotatable bonds is 4. The van der Waals surface area contributed by atoms with E-state index in [1.54, 1.807) is 32.2 Å². The molecular formula is C12H15Cl2NO2. The monoisotopic (exact) mass is 275 g/mol. The van der Waals surface area contributed by atoms with Gasteiger partial charge in [0.1, 0.15) is 0 Å². The van der Waals surface area contributed by atoms with Gasteiger partial charge in [-0.1, -0.05) is 29.3 Å². The minimum Gasteiger partial charge on any atom is -0.393 e. The van der Waals surface area contributed by atoms with Crippen LogP contribution in [-0.4, -0.2) is 35.6 Å². The lowest BCUT2D eigenvalue weighted by Gasteiger charge is -2.18. The summed E-state index contributed by atoms with van der Waals surface area (Å²) in [5, 5.41) is 9.80. The number of halogens is 2. The number of benzene rings is 1. The molecule has 0 saturated carbocycles. The molecule has 0 saturated heterocycles. The molecule has 0 bridgehead atoms. The molecule has 1 aromatic carbocycles. The summed E-state index contributed by atoms with van der Waals surface area (Å²) in [5.41, 5.74) is 0.382. The number of nitrogens with zero attached hydrogens (tertiary/aromatic N) is 1. The second-order valence-electron chi connectivity index (χ2n) is 3.97. The first-order chi connectivity index (χ1) is 7.93. The van der Waals surface area contributed by atoms with Gasteiger partial charge in [0.25, 0.3) is 5.91 Å². The van der Waals surface area contributed by atoms with Gasteiger partial charge < -0.3 is 10.0 Å². The fourth-order valence-electron chi connectivity index (χ4n) is 1.36. The molecule has 1 amide bonds. The predicted molar refractivity (Wildman–Crippen MR) is 69.7 cm³/mol. The van der Waals surface area contributed by atoms with Crippen molar-refractivity contribution in [3.05, 3.63) is 33.8 Å². The number of hydrogen-bond acceptors (Lipinski definition) is 2. The summed E-state index contributed by atoms with van der Waals surface area (Å²) in [4.78, 5) is 13.5. The van der Waals surface area contributed by atoms with Gasteiger partial charge in [-0.2, -0.15) is 0 Å². The van der Waals surface area contributed by atoms with E-state index in [1.807, 2.05) is 0 Å². The Labute approximate surface area is 111 Å². The molecule has 3 nitrogen and oxygen atoms in total. The lowest BCUT2D eigenvalue weighted by atomic mass is 10.2. The van der Waals surface area contributed by atoms with Crippen LogP contribution in [0.25, 0.3) is 0 Å². The van der Waals surface area contributed by atoms with Crippen LogP contribution in [0.4, 0.5) is 0 Å². The smallest absolute Gasteiger partial charge is 0.255 e. The molecule has 94 valence electrons. The highest BCUT2D eigenvalue weighted by molar-refractivity contribution is 6.43. The van der Waals surface area contributed by atoms with Crippen LogP contribution in [0.3, 0.4) is 0 Å². The maximum absolute atomic E-state index is 12.0. The molecule has 1 atom stereocenters. The molecule has 1 rings (SSSR count). The van der Waals surface area contributed by atoms with E-state index in [2.05, 4.69) is 0 Å². The van der Waals surface area contributed by atoms with Gasteiger partial charge in [0.15, 0.2) is 0 Å². The summed E-state index contributed by atoms with van der Waals surface area (Å²) in [6.45, 7) is 2.16. The average Bonchev–Trinajstić information content (AvgIpc) is 2.28. The molecule has 0 radical (unpaired) electrons. The van der Waals surface area contributed by atoms with Crippen LogP contribution in [0.15, 0.2) is 18.2 Å². The fraction of sp³-hybridized carbons (Fsp3) is 0.417. The number of carbonyl (C=O) groups is 1. The Balaban J connectivity index is 2.78. The molecule has 0 fully saturated rings. The SMILES string of the molecule is CC(O)CCN(C)C(=O)c1cccc(Cl)c1Cl. The van der Waals surface area contributed by atoms with Gasteiger partial charge in [0, 0.05) is 13.6 Å². The molecule has 1 aromatic rings. The molecule has 0 aromatic heterocycles. The van der Waals surface area contributed by atoms with Crippen molar-refractivity contribution in [3.8, 4) is 0 Å². The highest BCUT2D eigenvalue weighted by atomic mass is 35.5. The normalized spacial score (nSPS) is 12.3. The van der Waals surface area contributed by atoms with Crippen LogP contribution in [-0.2, 0) is 0 Å². The van der Waals surface area contributed by atoms with E-state index < -0.39 is 6.10 Å². The van der Waals surface area contributed by atoms with Gasteiger partial charge in [-0.05, 0) is 25.5 Å². The maximum Gasteiger partial charge on any atom is 0.255 e. The van der Waals surface area contributed by atoms with Gasteiger partial charge in [0.05, 0.1) is 21.7 Å². The minimum atomic E-state index is -0.430. The first-order valence-electron chi connectivity index (χ1n) is 5.31. The molecule has 0 aliphatic rings. The lowest BCUT2D eigenvalue weighted by Crippen LogP contribution is -2.29. The van der Waals surface area contributed by atoms with Gasteiger partial charge in [0.2, 0.25) is 0 Å². The van der Waals surface area contributed by atoms with Crippen molar-refractivity contribution in [1.82, 2.24) is 4.90 Å². The topological polar surface area (TPSA) is 40.5 Å². The van der Waals surface area contributed by atoms with Crippen LogP contribution < -0.4 is 0 Å². The lowest BCUT2D eigenvalue weighted by molar-refractivity contribution is 0.0769. The Bertz CT molecular complexity index is 407. The summed E-state index contributed by atoms with van der Waals surface area (Å²) < 4.78 is 0. The Morgan fingerprint density at radius 2 is 2.12 bits per heavy atom. The quantitative estimate of drug-likeness (QED) is 0.918. The molecule has 1 N–H and O–H groups in total. The van der Waals surface area contributed by atoms with E-state index in [0.717, 1.165) is 0 Å². The summed E-state index contributed by atoms with van der Waals surface area (Å²) in [7, 11) is 1.67. The zero-order valence-corrected chi connectivity index (χ0v) is 11.3. The van der Waals surface area contributed by atoms with Crippen molar-refractivity contribution in [2.45, 2.75) is 19.4 Å². The second kappa shape index (κ2) is 6.24. The predicted octanol–water partition coefficient (Wildman–Crippen LogP) is 2.84. The molecule has 0 heterocycles. The van der Waals surface area contributed by atoms with Crippen molar-refractivity contribution in [1.29, 1.82) is 0 Å². The number of hydrogen-bond donors (Lipinski definition) is 1. The van der Waals surface area contributed by atoms with Crippen molar-refractivity contribution >= 4 is 29.1 Å². The van der Waals surface area contributed by atoms with E-state index in [4.69, 9.17) is 28.3 Å². The second-order valence-corrected chi connectivity index (χ2v) is 4.75. The number of aliphatic hydroxyl groups excluding tert-OH is 1. The standard InChI is InChI=1S/C12H15Cl2NO2/c1-8(16)6-7-15(2)12(17)9-4-3-5-10(13)11(9)14/h3-5,8,16H,6-7H2,1-2H3. The number of carbonyl (C=O) groups excluding carboxylic acids is 1. The van der Waals surface area contributed by atoms with E-state index in [1.165, 1.54) is 4.90 Å². The third kappa shape index (κ3) is 3.87. The summed E-state index contributed by atoms with van der Waals surface area (Å²) in [6, 6.07) is 4.95. The summed E-state index contributed by atoms with van der Waals surface area (Å²) in [6.07, 6.45) is 0.0977. The molecule has 0 aliphatic heterocycles. The molecule has 17 heavy (non-hydrogen) atoms. The highest BCUT2D eigenvalue weighted by Gasteiger charge is 2.16. The summed E-state index contributed by atoms with van der Waals surface area (Å²) in [5.74, 6) is -0.196. The molecule has 0 spiro atoms. The number of amides is 1. The molecule has 1 unspecified atom stereocenters. The van der Waals surface area contributed by atoms with Crippen LogP contribution in [0.1, 0.15) is 23.7 Å². The zero-order chi connectivity index (χ0) is 13.0. The fourth-order valence-corrected chi connectivity index (χ4v) is 1.74. The van der Waals surface area contributed by atoms with Crippen LogP contribution in [0.2, 0.25) is 10.0 Å². The van der Waals surface area contributed by atoms with Crippen LogP contribution in [0, 0.1) is 0 Å². The maximum atomic E-state index is 12.0. The molecular weight excluding hydrogens is 261 g/mol. The van der Waals surface area contributed by atoms with Crippen LogP contribution >= 0.6 is 23.2 Å². The highest BCUT2D eigenvalue weighted by Crippen LogP contribution is 2.26. The van der Waals surface area contributed by atoms with E-state index in [0.29, 0.717) is 23.6 Å².